The van der Waals surface area contributed by atoms with Crippen LogP contribution in [0.4, 0.5) is 0 Å². The van der Waals surface area contributed by atoms with Gasteiger partial charge in [-0.15, -0.1) is 0 Å². The molecule has 1 aliphatic rings. The zero-order valence-corrected chi connectivity index (χ0v) is 18.8. The lowest BCUT2D eigenvalue weighted by molar-refractivity contribution is -0.124. The molecule has 166 valence electrons. The summed E-state index contributed by atoms with van der Waals surface area (Å²) in [6.45, 7) is 4.70. The van der Waals surface area contributed by atoms with Crippen LogP contribution >= 0.6 is 0 Å². The molecule has 1 atom stereocenters. The van der Waals surface area contributed by atoms with Gasteiger partial charge in [-0.25, -0.2) is 18.4 Å². The number of benzene rings is 2. The predicted molar refractivity (Wildman–Crippen MR) is 117 cm³/mol. The Balaban J connectivity index is 1.62. The predicted octanol–water partition coefficient (Wildman–Crippen LogP) is 2.86. The summed E-state index contributed by atoms with van der Waals surface area (Å²) in [6.07, 6.45) is 4.54. The van der Waals surface area contributed by atoms with E-state index in [1.165, 1.54) is 36.1 Å². The molecule has 0 fully saturated rings. The lowest BCUT2D eigenvalue weighted by atomic mass is 9.89. The van der Waals surface area contributed by atoms with E-state index in [1.807, 2.05) is 13.0 Å². The van der Waals surface area contributed by atoms with Crippen LogP contribution in [0.3, 0.4) is 0 Å². The van der Waals surface area contributed by atoms with Crippen molar-refractivity contribution in [2.75, 3.05) is 6.61 Å². The molecule has 7 nitrogen and oxygen atoms in total. The minimum atomic E-state index is -3.98. The molecule has 31 heavy (non-hydrogen) atoms. The molecular weight excluding hydrogens is 416 g/mol. The van der Waals surface area contributed by atoms with E-state index < -0.39 is 28.5 Å². The SMILES string of the molecule is Cc1cc(C(=O)OCC(=O)NC(C)c2ccc3c(c2)CCCC3)cc(S(N)(=O)=O)c1C. The smallest absolute Gasteiger partial charge is 0.338 e. The second-order valence-corrected chi connectivity index (χ2v) is 9.59. The minimum Gasteiger partial charge on any atom is -0.452 e. The number of sulfonamides is 1. The third kappa shape index (κ3) is 5.51. The van der Waals surface area contributed by atoms with Crippen LogP contribution in [-0.2, 0) is 32.4 Å². The normalized spacial score (nSPS) is 14.5. The van der Waals surface area contributed by atoms with Gasteiger partial charge in [0.1, 0.15) is 0 Å². The molecule has 0 bridgehead atoms. The molecule has 8 heteroatoms. The number of aryl methyl sites for hydroxylation is 3. The summed E-state index contributed by atoms with van der Waals surface area (Å²) < 4.78 is 28.6. The number of amides is 1. The quantitative estimate of drug-likeness (QED) is 0.665. The van der Waals surface area contributed by atoms with Crippen molar-refractivity contribution in [3.63, 3.8) is 0 Å². The van der Waals surface area contributed by atoms with E-state index in [4.69, 9.17) is 9.88 Å². The van der Waals surface area contributed by atoms with Crippen LogP contribution in [0.15, 0.2) is 35.2 Å². The fraction of sp³-hybridized carbons (Fsp3) is 0.391. The van der Waals surface area contributed by atoms with Crippen LogP contribution in [0, 0.1) is 13.8 Å². The standard InChI is InChI=1S/C23H28N2O5S/c1-14-10-20(12-21(15(14)2)31(24,28)29)23(27)30-13-22(26)25-16(3)18-9-8-17-6-4-5-7-19(17)11-18/h8-12,16H,4-7,13H2,1-3H3,(H,25,26)(H2,24,28,29). The summed E-state index contributed by atoms with van der Waals surface area (Å²) in [5.74, 6) is -1.22. The molecule has 3 N–H and O–H groups in total. The van der Waals surface area contributed by atoms with Crippen molar-refractivity contribution < 1.29 is 22.7 Å². The Morgan fingerprint density at radius 3 is 2.45 bits per heavy atom. The van der Waals surface area contributed by atoms with Crippen LogP contribution < -0.4 is 10.5 Å². The number of carbonyl (C=O) groups is 2. The van der Waals surface area contributed by atoms with Gasteiger partial charge in [-0.1, -0.05) is 18.2 Å². The Bertz CT molecular complexity index is 1130. The molecule has 0 aliphatic heterocycles. The number of fused-ring (bicyclic) bond motifs is 1. The maximum absolute atomic E-state index is 12.4. The Morgan fingerprint density at radius 2 is 1.77 bits per heavy atom. The lowest BCUT2D eigenvalue weighted by Crippen LogP contribution is -2.31. The van der Waals surface area contributed by atoms with E-state index >= 15 is 0 Å². The van der Waals surface area contributed by atoms with E-state index in [-0.39, 0.29) is 16.5 Å². The summed E-state index contributed by atoms with van der Waals surface area (Å²) >= 11 is 0. The van der Waals surface area contributed by atoms with Gasteiger partial charge in [0.2, 0.25) is 10.0 Å². The number of nitrogens with two attached hydrogens (primary N) is 1. The number of primary sulfonamides is 1. The van der Waals surface area contributed by atoms with Gasteiger partial charge < -0.3 is 10.1 Å². The Kier molecular flexibility index (Phi) is 6.81. The van der Waals surface area contributed by atoms with Gasteiger partial charge in [-0.3, -0.25) is 4.79 Å². The summed E-state index contributed by atoms with van der Waals surface area (Å²) in [6, 6.07) is 8.73. The van der Waals surface area contributed by atoms with Crippen molar-refractivity contribution in [1.29, 1.82) is 0 Å². The molecule has 0 aromatic heterocycles. The molecule has 2 aromatic carbocycles. The number of rotatable bonds is 6. The molecule has 0 spiro atoms. The van der Waals surface area contributed by atoms with Crippen molar-refractivity contribution in [2.45, 2.75) is 57.4 Å². The molecule has 1 unspecified atom stereocenters. The maximum atomic E-state index is 12.4. The van der Waals surface area contributed by atoms with Gasteiger partial charge in [-0.05, 0) is 86.4 Å². The molecule has 0 saturated heterocycles. The van der Waals surface area contributed by atoms with Crippen molar-refractivity contribution in [2.24, 2.45) is 5.14 Å². The zero-order valence-electron chi connectivity index (χ0n) is 18.0. The van der Waals surface area contributed by atoms with Crippen LogP contribution in [-0.4, -0.2) is 26.9 Å². The first-order valence-electron chi connectivity index (χ1n) is 10.3. The van der Waals surface area contributed by atoms with Gasteiger partial charge in [0.05, 0.1) is 16.5 Å². The lowest BCUT2D eigenvalue weighted by Gasteiger charge is -2.20. The highest BCUT2D eigenvalue weighted by Gasteiger charge is 2.20. The zero-order chi connectivity index (χ0) is 22.8. The number of hydrogen-bond donors (Lipinski definition) is 2. The van der Waals surface area contributed by atoms with Gasteiger partial charge in [0.15, 0.2) is 6.61 Å². The van der Waals surface area contributed by atoms with Crippen LogP contribution in [0.5, 0.6) is 0 Å². The fourth-order valence-corrected chi connectivity index (χ4v) is 4.72. The monoisotopic (exact) mass is 444 g/mol. The first-order chi connectivity index (χ1) is 14.6. The van der Waals surface area contributed by atoms with E-state index in [1.54, 1.807) is 13.8 Å². The average Bonchev–Trinajstić information content (AvgIpc) is 2.72. The first kappa shape index (κ1) is 23.0. The number of carbonyl (C=O) groups excluding carboxylic acids is 2. The average molecular weight is 445 g/mol. The molecule has 1 aliphatic carbocycles. The van der Waals surface area contributed by atoms with Crippen LogP contribution in [0.1, 0.15) is 64.0 Å². The molecule has 3 rings (SSSR count). The molecular formula is C23H28N2O5S. The van der Waals surface area contributed by atoms with Crippen molar-refractivity contribution in [1.82, 2.24) is 5.32 Å². The van der Waals surface area contributed by atoms with Crippen molar-refractivity contribution in [3.8, 4) is 0 Å². The first-order valence-corrected chi connectivity index (χ1v) is 11.8. The summed E-state index contributed by atoms with van der Waals surface area (Å²) in [5.41, 5.74) is 4.79. The van der Waals surface area contributed by atoms with Crippen LogP contribution in [0.2, 0.25) is 0 Å². The summed E-state index contributed by atoms with van der Waals surface area (Å²) in [7, 11) is -3.98. The third-order valence-corrected chi connectivity index (χ3v) is 6.78. The molecule has 0 saturated carbocycles. The Hall–Kier alpha value is -2.71. The second-order valence-electron chi connectivity index (χ2n) is 8.06. The highest BCUT2D eigenvalue weighted by atomic mass is 32.2. The maximum Gasteiger partial charge on any atom is 0.338 e. The van der Waals surface area contributed by atoms with E-state index in [9.17, 15) is 18.0 Å². The summed E-state index contributed by atoms with van der Waals surface area (Å²) in [5, 5.41) is 8.06. The topological polar surface area (TPSA) is 116 Å². The van der Waals surface area contributed by atoms with E-state index in [0.29, 0.717) is 11.1 Å². The van der Waals surface area contributed by atoms with Crippen molar-refractivity contribution >= 4 is 21.9 Å². The largest absolute Gasteiger partial charge is 0.452 e. The molecule has 0 radical (unpaired) electrons. The van der Waals surface area contributed by atoms with E-state index in [2.05, 4.69) is 17.4 Å². The number of esters is 1. The highest BCUT2D eigenvalue weighted by Crippen LogP contribution is 2.25. The molecule has 2 aromatic rings. The number of ether oxygens (including phenoxy) is 1. The second kappa shape index (κ2) is 9.20. The molecule has 1 amide bonds. The van der Waals surface area contributed by atoms with Crippen molar-refractivity contribution in [3.05, 3.63) is 63.7 Å². The van der Waals surface area contributed by atoms with Gasteiger partial charge >= 0.3 is 5.97 Å². The van der Waals surface area contributed by atoms with Gasteiger partial charge in [-0.2, -0.15) is 0 Å². The Labute approximate surface area is 183 Å². The summed E-state index contributed by atoms with van der Waals surface area (Å²) in [4.78, 5) is 24.5. The van der Waals surface area contributed by atoms with Gasteiger partial charge in [0.25, 0.3) is 5.91 Å². The highest BCUT2D eigenvalue weighted by molar-refractivity contribution is 7.89. The Morgan fingerprint density at radius 1 is 1.10 bits per heavy atom. The number of nitrogens with one attached hydrogen (secondary N) is 1. The van der Waals surface area contributed by atoms with E-state index in [0.717, 1.165) is 18.4 Å². The van der Waals surface area contributed by atoms with Crippen LogP contribution in [0.25, 0.3) is 0 Å². The minimum absolute atomic E-state index is 0.0302. The number of hydrogen-bond acceptors (Lipinski definition) is 5. The van der Waals surface area contributed by atoms with Gasteiger partial charge in [0, 0.05) is 0 Å². The third-order valence-electron chi connectivity index (χ3n) is 5.75. The molecule has 0 heterocycles. The fourth-order valence-electron chi connectivity index (χ4n) is 3.84.